The maximum atomic E-state index is 13.7. The van der Waals surface area contributed by atoms with Gasteiger partial charge in [0.15, 0.2) is 6.17 Å². The molecule has 0 aliphatic rings. The van der Waals surface area contributed by atoms with E-state index in [0.717, 1.165) is 32.1 Å². The molecule has 0 aromatic rings. The lowest BCUT2D eigenvalue weighted by atomic mass is 10.1. The highest BCUT2D eigenvalue weighted by Gasteiger charge is 2.34. The quantitative estimate of drug-likeness (QED) is 0.0424. The Labute approximate surface area is 337 Å². The van der Waals surface area contributed by atoms with Crippen LogP contribution in [0.2, 0.25) is 0 Å². The number of hydrogen-bond donors (Lipinski definition) is 9. The second kappa shape index (κ2) is 27.4. The van der Waals surface area contributed by atoms with Crippen LogP contribution in [0, 0.1) is 5.92 Å². The van der Waals surface area contributed by atoms with Gasteiger partial charge in [-0.05, 0) is 93.0 Å². The number of alkyl carbamates (subject to hydrolysis) is 2. The van der Waals surface area contributed by atoms with Crippen molar-refractivity contribution in [3.05, 3.63) is 0 Å². The number of carboxylic acids is 1. The molecule has 0 aliphatic carbocycles. The highest BCUT2D eigenvalue weighted by Crippen LogP contribution is 2.10. The first-order chi connectivity index (χ1) is 26.4. The second-order valence-electron chi connectivity index (χ2n) is 16.4. The van der Waals surface area contributed by atoms with E-state index in [-0.39, 0.29) is 38.5 Å². The third-order valence-corrected chi connectivity index (χ3v) is 7.88. The molecule has 19 nitrogen and oxygen atoms in total. The van der Waals surface area contributed by atoms with E-state index in [0.29, 0.717) is 25.8 Å². The van der Waals surface area contributed by atoms with E-state index >= 15 is 0 Å². The number of amides is 6. The number of carbonyl (C=O) groups is 7. The molecule has 0 rings (SSSR count). The Morgan fingerprint density at radius 2 is 1.21 bits per heavy atom. The molecule has 0 radical (unpaired) electrons. The first kappa shape index (κ1) is 52.8. The van der Waals surface area contributed by atoms with Crippen molar-refractivity contribution in [1.29, 1.82) is 0 Å². The van der Waals surface area contributed by atoms with Crippen LogP contribution in [0.15, 0.2) is 0 Å². The molecular weight excluding hydrogens is 744 g/mol. The monoisotopic (exact) mass is 817 g/mol. The molecule has 0 aromatic carbocycles. The molecule has 0 fully saturated rings. The molecule has 5 atom stereocenters. The molecule has 330 valence electrons. The minimum Gasteiger partial charge on any atom is -0.480 e. The van der Waals surface area contributed by atoms with Gasteiger partial charge in [-0.3, -0.25) is 19.2 Å². The van der Waals surface area contributed by atoms with Crippen LogP contribution in [0.3, 0.4) is 0 Å². The summed E-state index contributed by atoms with van der Waals surface area (Å²) in [6.45, 7) is 16.1. The normalized spacial score (nSPS) is 14.2. The van der Waals surface area contributed by atoms with Crippen molar-refractivity contribution in [3.8, 4) is 0 Å². The van der Waals surface area contributed by atoms with Gasteiger partial charge in [-0.15, -0.1) is 0 Å². The zero-order valence-corrected chi connectivity index (χ0v) is 35.5. The minimum atomic E-state index is -1.73. The van der Waals surface area contributed by atoms with Crippen LogP contribution >= 0.6 is 0 Å². The van der Waals surface area contributed by atoms with E-state index in [1.807, 2.05) is 13.8 Å². The number of rotatable bonds is 27. The van der Waals surface area contributed by atoms with Gasteiger partial charge in [0.25, 0.3) is 5.91 Å². The Morgan fingerprint density at radius 1 is 0.649 bits per heavy atom. The maximum Gasteiger partial charge on any atom is 0.407 e. The summed E-state index contributed by atoms with van der Waals surface area (Å²) in [6.07, 6.45) is 1.90. The average Bonchev–Trinajstić information content (AvgIpc) is 3.08. The van der Waals surface area contributed by atoms with Gasteiger partial charge in [0.1, 0.15) is 29.3 Å². The van der Waals surface area contributed by atoms with Gasteiger partial charge < -0.3 is 62.7 Å². The van der Waals surface area contributed by atoms with E-state index < -0.39 is 83.4 Å². The van der Waals surface area contributed by atoms with Gasteiger partial charge in [0.2, 0.25) is 17.7 Å². The highest BCUT2D eigenvalue weighted by atomic mass is 16.6. The summed E-state index contributed by atoms with van der Waals surface area (Å²) in [5, 5.41) is 24.6. The summed E-state index contributed by atoms with van der Waals surface area (Å²) >= 11 is 0. The van der Waals surface area contributed by atoms with Gasteiger partial charge in [-0.2, -0.15) is 0 Å². The van der Waals surface area contributed by atoms with Crippen molar-refractivity contribution in [3.63, 3.8) is 0 Å². The van der Waals surface area contributed by atoms with Crippen molar-refractivity contribution in [1.82, 2.24) is 31.9 Å². The second-order valence-corrected chi connectivity index (χ2v) is 16.4. The molecule has 0 saturated heterocycles. The summed E-state index contributed by atoms with van der Waals surface area (Å²) in [5.41, 5.74) is 10.0. The lowest BCUT2D eigenvalue weighted by molar-refractivity contribution is -0.142. The van der Waals surface area contributed by atoms with Gasteiger partial charge in [0.05, 0.1) is 12.6 Å². The standard InChI is InChI=1S/C38H72N8O11/c1-24(2)23-55-25(3)29(32(49)46-30(40)33(50)44-26(34(51)52)18-15-17-21-41-35(53)56-37(4,5)6)45-31(48)27(22-42-36(54)57-38(7,8)9)43-28(47)19-14-12-10-11-13-16-20-39/h24-27,29-30H,10-23,39-40H2,1-9H3,(H,41,53)(H,42,54)(H,43,47)(H,44,50)(H,45,48)(H,46,49)(H,51,52). The van der Waals surface area contributed by atoms with E-state index in [2.05, 4.69) is 31.9 Å². The van der Waals surface area contributed by atoms with Crippen LogP contribution in [0.1, 0.15) is 127 Å². The van der Waals surface area contributed by atoms with Crippen LogP contribution in [0.25, 0.3) is 0 Å². The Morgan fingerprint density at radius 3 is 1.75 bits per heavy atom. The molecule has 0 bridgehead atoms. The predicted octanol–water partition coefficient (Wildman–Crippen LogP) is 1.90. The molecule has 0 spiro atoms. The largest absolute Gasteiger partial charge is 0.480 e. The first-order valence-electron chi connectivity index (χ1n) is 19.9. The van der Waals surface area contributed by atoms with Crippen molar-refractivity contribution in [2.24, 2.45) is 17.4 Å². The molecule has 11 N–H and O–H groups in total. The lowest BCUT2D eigenvalue weighted by Gasteiger charge is -2.29. The number of aliphatic carboxylic acids is 1. The number of carbonyl (C=O) groups excluding carboxylic acids is 6. The zero-order valence-electron chi connectivity index (χ0n) is 35.5. The van der Waals surface area contributed by atoms with Crippen molar-refractivity contribution >= 4 is 41.8 Å². The third-order valence-electron chi connectivity index (χ3n) is 7.88. The van der Waals surface area contributed by atoms with Gasteiger partial charge >= 0.3 is 18.2 Å². The fraction of sp³-hybridized carbons (Fsp3) is 0.816. The fourth-order valence-corrected chi connectivity index (χ4v) is 5.01. The zero-order chi connectivity index (χ0) is 43.8. The molecule has 19 heteroatoms. The van der Waals surface area contributed by atoms with E-state index in [1.54, 1.807) is 41.5 Å². The molecule has 57 heavy (non-hydrogen) atoms. The Kier molecular flexibility index (Phi) is 25.4. The minimum absolute atomic E-state index is 0.00424. The highest BCUT2D eigenvalue weighted by molar-refractivity contribution is 5.95. The lowest BCUT2D eigenvalue weighted by Crippen LogP contribution is -2.63. The average molecular weight is 817 g/mol. The van der Waals surface area contributed by atoms with Gasteiger partial charge in [-0.1, -0.05) is 39.5 Å². The molecule has 5 unspecified atom stereocenters. The predicted molar refractivity (Wildman–Crippen MR) is 213 cm³/mol. The van der Waals surface area contributed by atoms with Crippen LogP contribution in [0.4, 0.5) is 9.59 Å². The smallest absolute Gasteiger partial charge is 0.407 e. The van der Waals surface area contributed by atoms with Gasteiger partial charge in [-0.25, -0.2) is 14.4 Å². The summed E-state index contributed by atoms with van der Waals surface area (Å²) < 4.78 is 16.3. The van der Waals surface area contributed by atoms with Crippen LogP contribution in [-0.4, -0.2) is 115 Å². The van der Waals surface area contributed by atoms with Crippen LogP contribution < -0.4 is 43.4 Å². The molecule has 0 heterocycles. The molecule has 0 saturated carbocycles. The van der Waals surface area contributed by atoms with E-state index in [9.17, 15) is 38.7 Å². The Hall–Kier alpha value is -4.23. The number of hydrogen-bond acceptors (Lipinski definition) is 12. The number of nitrogens with two attached hydrogens (primary N) is 2. The van der Waals surface area contributed by atoms with Crippen molar-refractivity contribution in [2.45, 2.75) is 168 Å². The molecular formula is C38H72N8O11. The fourth-order valence-electron chi connectivity index (χ4n) is 5.01. The topological polar surface area (TPSA) is 292 Å². The number of ether oxygens (including phenoxy) is 3. The Bertz CT molecular complexity index is 1270. The molecule has 6 amide bonds. The van der Waals surface area contributed by atoms with Crippen LogP contribution in [0.5, 0.6) is 0 Å². The molecule has 0 aliphatic heterocycles. The van der Waals surface area contributed by atoms with E-state index in [1.165, 1.54) is 6.92 Å². The summed E-state index contributed by atoms with van der Waals surface area (Å²) in [6, 6.07) is -4.14. The van der Waals surface area contributed by atoms with E-state index in [4.69, 9.17) is 25.7 Å². The van der Waals surface area contributed by atoms with Crippen molar-refractivity contribution < 1.29 is 52.9 Å². The van der Waals surface area contributed by atoms with Crippen molar-refractivity contribution in [2.75, 3.05) is 26.2 Å². The number of unbranched alkanes of at least 4 members (excludes halogenated alkanes) is 6. The Balaban J connectivity index is 5.76. The first-order valence-corrected chi connectivity index (χ1v) is 19.9. The van der Waals surface area contributed by atoms with Gasteiger partial charge in [0, 0.05) is 19.6 Å². The number of carboxylic acid groups (broad SMARTS) is 1. The summed E-state index contributed by atoms with van der Waals surface area (Å²) in [4.78, 5) is 89.5. The third kappa shape index (κ3) is 27.1. The summed E-state index contributed by atoms with van der Waals surface area (Å²) in [5.74, 6) is -4.51. The van der Waals surface area contributed by atoms with Crippen LogP contribution in [-0.2, 0) is 38.2 Å². The SMILES string of the molecule is CC(C)COC(C)C(NC(=O)C(CNC(=O)OC(C)(C)C)NC(=O)CCCCCCCCN)C(=O)NC(N)C(=O)NC(CCCCNC(=O)OC(C)(C)C)C(=O)O. The maximum absolute atomic E-state index is 13.7. The summed E-state index contributed by atoms with van der Waals surface area (Å²) in [7, 11) is 0. The molecule has 0 aromatic heterocycles. The number of nitrogens with one attached hydrogen (secondary N) is 6.